The Morgan fingerprint density at radius 1 is 1.43 bits per heavy atom. The molecule has 0 bridgehead atoms. The number of rotatable bonds is 7. The summed E-state index contributed by atoms with van der Waals surface area (Å²) in [4.78, 5) is 12.0. The predicted octanol–water partition coefficient (Wildman–Crippen LogP) is 1.04. The van der Waals surface area contributed by atoms with E-state index in [1.165, 1.54) is 0 Å². The van der Waals surface area contributed by atoms with Crippen LogP contribution in [0.15, 0.2) is 42.7 Å². The van der Waals surface area contributed by atoms with E-state index in [1.54, 1.807) is 24.2 Å². The van der Waals surface area contributed by atoms with Gasteiger partial charge in [-0.1, -0.05) is 30.3 Å². The number of hydrogen-bond acceptors (Lipinski definition) is 4. The van der Waals surface area contributed by atoms with Crippen LogP contribution in [0.25, 0.3) is 0 Å². The highest BCUT2D eigenvalue weighted by Gasteiger charge is 2.14. The van der Waals surface area contributed by atoms with Crippen LogP contribution >= 0.6 is 0 Å². The molecule has 112 valence electrons. The lowest BCUT2D eigenvalue weighted by atomic mass is 10.1. The van der Waals surface area contributed by atoms with E-state index in [4.69, 9.17) is 10.5 Å². The number of amides is 1. The Morgan fingerprint density at radius 3 is 2.90 bits per heavy atom. The van der Waals surface area contributed by atoms with Gasteiger partial charge in [-0.25, -0.2) is 0 Å². The Morgan fingerprint density at radius 2 is 2.19 bits per heavy atom. The lowest BCUT2D eigenvalue weighted by Gasteiger charge is -2.11. The maximum Gasteiger partial charge on any atom is 0.241 e. The maximum atomic E-state index is 12.0. The van der Waals surface area contributed by atoms with Gasteiger partial charge in [0.05, 0.1) is 31.1 Å². The summed E-state index contributed by atoms with van der Waals surface area (Å²) in [5.41, 5.74) is 7.60. The van der Waals surface area contributed by atoms with Crippen molar-refractivity contribution >= 4 is 11.6 Å². The van der Waals surface area contributed by atoms with Gasteiger partial charge in [-0.2, -0.15) is 5.10 Å². The number of ether oxygens (including phenoxy) is 1. The van der Waals surface area contributed by atoms with Crippen molar-refractivity contribution in [2.45, 2.75) is 19.0 Å². The number of hydrogen-bond donors (Lipinski definition) is 2. The number of nitrogens with two attached hydrogens (primary N) is 1. The van der Waals surface area contributed by atoms with Crippen molar-refractivity contribution in [1.29, 1.82) is 0 Å². The fourth-order valence-electron chi connectivity index (χ4n) is 1.93. The summed E-state index contributed by atoms with van der Waals surface area (Å²) in [5.74, 6) is -0.217. The summed E-state index contributed by atoms with van der Waals surface area (Å²) >= 11 is 0. The lowest BCUT2D eigenvalue weighted by Crippen LogP contribution is -2.37. The zero-order valence-corrected chi connectivity index (χ0v) is 12.0. The number of nitrogens with one attached hydrogen (secondary N) is 1. The summed E-state index contributed by atoms with van der Waals surface area (Å²) in [5, 5.41) is 6.90. The Bertz CT molecular complexity index is 568. The molecule has 0 aliphatic heterocycles. The normalized spacial score (nSPS) is 12.1. The quantitative estimate of drug-likeness (QED) is 0.797. The molecule has 0 spiro atoms. The molecule has 21 heavy (non-hydrogen) atoms. The monoisotopic (exact) mass is 288 g/mol. The van der Waals surface area contributed by atoms with Crippen LogP contribution in [0.4, 0.5) is 5.69 Å². The highest BCUT2D eigenvalue weighted by atomic mass is 16.5. The predicted molar refractivity (Wildman–Crippen MR) is 80.9 cm³/mol. The van der Waals surface area contributed by atoms with Crippen LogP contribution in [0, 0.1) is 0 Å². The fraction of sp³-hybridized carbons (Fsp3) is 0.333. The average molecular weight is 288 g/mol. The molecule has 0 saturated carbocycles. The smallest absolute Gasteiger partial charge is 0.241 e. The second kappa shape index (κ2) is 7.56. The maximum absolute atomic E-state index is 12.0. The third kappa shape index (κ3) is 4.70. The van der Waals surface area contributed by atoms with Crippen LogP contribution in [0.5, 0.6) is 0 Å². The van der Waals surface area contributed by atoms with Gasteiger partial charge < -0.3 is 15.8 Å². The van der Waals surface area contributed by atoms with Crippen LogP contribution < -0.4 is 11.1 Å². The summed E-state index contributed by atoms with van der Waals surface area (Å²) in [6, 6.07) is 9.12. The molecule has 0 aliphatic rings. The van der Waals surface area contributed by atoms with Crippen molar-refractivity contribution in [3.05, 3.63) is 48.3 Å². The molecule has 2 rings (SSSR count). The molecule has 0 fully saturated rings. The van der Waals surface area contributed by atoms with E-state index < -0.39 is 6.04 Å². The Kier molecular flexibility index (Phi) is 5.48. The number of carbonyl (C=O) groups is 1. The molecule has 0 aliphatic carbocycles. The highest BCUT2D eigenvalue weighted by molar-refractivity contribution is 5.94. The summed E-state index contributed by atoms with van der Waals surface area (Å²) < 4.78 is 6.68. The zero-order valence-electron chi connectivity index (χ0n) is 12.0. The number of anilines is 1. The van der Waals surface area contributed by atoms with Gasteiger partial charge in [0.25, 0.3) is 0 Å². The van der Waals surface area contributed by atoms with Crippen LogP contribution in [0.2, 0.25) is 0 Å². The van der Waals surface area contributed by atoms with E-state index in [1.807, 2.05) is 30.3 Å². The van der Waals surface area contributed by atoms with Crippen LogP contribution in [-0.4, -0.2) is 35.4 Å². The Hall–Kier alpha value is -2.18. The number of aromatic nitrogens is 2. The second-order valence-corrected chi connectivity index (χ2v) is 4.77. The van der Waals surface area contributed by atoms with E-state index in [0.717, 1.165) is 5.56 Å². The van der Waals surface area contributed by atoms with Crippen LogP contribution in [0.3, 0.4) is 0 Å². The van der Waals surface area contributed by atoms with Crippen molar-refractivity contribution in [2.24, 2.45) is 5.73 Å². The van der Waals surface area contributed by atoms with E-state index in [0.29, 0.717) is 25.3 Å². The first kappa shape index (κ1) is 15.2. The average Bonchev–Trinajstić information content (AvgIpc) is 2.93. The largest absolute Gasteiger partial charge is 0.383 e. The van der Waals surface area contributed by atoms with Gasteiger partial charge in [-0.3, -0.25) is 9.48 Å². The second-order valence-electron chi connectivity index (χ2n) is 4.77. The van der Waals surface area contributed by atoms with Gasteiger partial charge in [0.2, 0.25) is 5.91 Å². The minimum Gasteiger partial charge on any atom is -0.383 e. The molecule has 6 heteroatoms. The topological polar surface area (TPSA) is 82.2 Å². The molecule has 1 unspecified atom stereocenters. The third-order valence-corrected chi connectivity index (χ3v) is 3.06. The van der Waals surface area contributed by atoms with Crippen LogP contribution in [0.1, 0.15) is 5.56 Å². The van der Waals surface area contributed by atoms with Gasteiger partial charge in [-0.05, 0) is 12.0 Å². The molecule has 0 saturated heterocycles. The van der Waals surface area contributed by atoms with Gasteiger partial charge in [-0.15, -0.1) is 0 Å². The molecule has 1 aromatic heterocycles. The molecule has 1 aromatic carbocycles. The number of methoxy groups -OCH3 is 1. The van der Waals surface area contributed by atoms with Crippen molar-refractivity contribution in [1.82, 2.24) is 9.78 Å². The molecular formula is C15H20N4O2. The van der Waals surface area contributed by atoms with E-state index >= 15 is 0 Å². The number of carbonyl (C=O) groups excluding carboxylic acids is 1. The first-order valence-electron chi connectivity index (χ1n) is 6.81. The molecule has 6 nitrogen and oxygen atoms in total. The first-order chi connectivity index (χ1) is 10.2. The molecule has 1 heterocycles. The third-order valence-electron chi connectivity index (χ3n) is 3.06. The lowest BCUT2D eigenvalue weighted by molar-refractivity contribution is -0.117. The molecule has 1 atom stereocenters. The SMILES string of the molecule is COCCn1cc(NC(=O)C(N)Cc2ccccc2)cn1. The van der Waals surface area contributed by atoms with Gasteiger partial charge in [0, 0.05) is 13.3 Å². The van der Waals surface area contributed by atoms with Crippen molar-refractivity contribution in [2.75, 3.05) is 19.0 Å². The van der Waals surface area contributed by atoms with E-state index in [9.17, 15) is 4.79 Å². The molecular weight excluding hydrogens is 268 g/mol. The minimum atomic E-state index is -0.588. The minimum absolute atomic E-state index is 0.217. The fourth-order valence-corrected chi connectivity index (χ4v) is 1.93. The van der Waals surface area contributed by atoms with Gasteiger partial charge in [0.15, 0.2) is 0 Å². The molecule has 3 N–H and O–H groups in total. The van der Waals surface area contributed by atoms with Crippen LogP contribution in [-0.2, 0) is 22.5 Å². The first-order valence-corrected chi connectivity index (χ1v) is 6.81. The summed E-state index contributed by atoms with van der Waals surface area (Å²) in [6.45, 7) is 1.21. The van der Waals surface area contributed by atoms with E-state index in [2.05, 4.69) is 10.4 Å². The Balaban J connectivity index is 1.87. The number of benzene rings is 1. The van der Waals surface area contributed by atoms with Crippen molar-refractivity contribution in [3.63, 3.8) is 0 Å². The molecule has 1 amide bonds. The van der Waals surface area contributed by atoms with Crippen molar-refractivity contribution < 1.29 is 9.53 Å². The standard InChI is InChI=1S/C15H20N4O2/c1-21-8-7-19-11-13(10-17-19)18-15(20)14(16)9-12-5-3-2-4-6-12/h2-6,10-11,14H,7-9,16H2,1H3,(H,18,20). The van der Waals surface area contributed by atoms with E-state index in [-0.39, 0.29) is 5.91 Å². The van der Waals surface area contributed by atoms with Gasteiger partial charge in [0.1, 0.15) is 0 Å². The molecule has 2 aromatic rings. The summed E-state index contributed by atoms with van der Waals surface area (Å²) in [7, 11) is 1.63. The summed E-state index contributed by atoms with van der Waals surface area (Å²) in [6.07, 6.45) is 3.86. The Labute approximate surface area is 123 Å². The van der Waals surface area contributed by atoms with Crippen molar-refractivity contribution in [3.8, 4) is 0 Å². The van der Waals surface area contributed by atoms with Gasteiger partial charge >= 0.3 is 0 Å². The highest BCUT2D eigenvalue weighted by Crippen LogP contribution is 2.07. The number of nitrogens with zero attached hydrogens (tertiary/aromatic N) is 2. The zero-order chi connectivity index (χ0) is 15.1. The molecule has 0 radical (unpaired) electrons.